The van der Waals surface area contributed by atoms with Crippen molar-refractivity contribution < 1.29 is 14.3 Å². The zero-order valence-corrected chi connectivity index (χ0v) is 26.3. The number of fused-ring (bicyclic) bond motifs is 2. The summed E-state index contributed by atoms with van der Waals surface area (Å²) in [5.74, 6) is 0.511. The molecule has 4 aromatic rings. The van der Waals surface area contributed by atoms with Gasteiger partial charge in [0.15, 0.2) is 5.88 Å². The van der Waals surface area contributed by atoms with Crippen molar-refractivity contribution in [2.45, 2.75) is 77.4 Å². The molecule has 2 aliphatic rings. The number of rotatable bonds is 3. The Morgan fingerprint density at radius 1 is 1.02 bits per heavy atom. The van der Waals surface area contributed by atoms with E-state index in [1.165, 1.54) is 0 Å². The smallest absolute Gasteiger partial charge is 0.317 e. The summed E-state index contributed by atoms with van der Waals surface area (Å²) in [6.07, 6.45) is 7.13. The number of nitrogens with zero attached hydrogens (tertiary/aromatic N) is 6. The normalized spacial score (nSPS) is 20.5. The molecule has 3 N–H and O–H groups in total. The van der Waals surface area contributed by atoms with Crippen LogP contribution in [-0.2, 0) is 6.54 Å². The third-order valence-corrected chi connectivity index (χ3v) is 9.13. The maximum atomic E-state index is 13.5. The molecule has 0 spiro atoms. The highest BCUT2D eigenvalue weighted by Gasteiger charge is 2.26. The van der Waals surface area contributed by atoms with E-state index in [4.69, 9.17) is 20.4 Å². The Morgan fingerprint density at radius 2 is 1.80 bits per heavy atom. The summed E-state index contributed by atoms with van der Waals surface area (Å²) in [6.45, 7) is 6.81. The van der Waals surface area contributed by atoms with Crippen LogP contribution in [0.4, 0.5) is 4.79 Å². The van der Waals surface area contributed by atoms with E-state index in [0.29, 0.717) is 30.2 Å². The molecule has 11 heteroatoms. The van der Waals surface area contributed by atoms with Crippen molar-refractivity contribution in [1.82, 2.24) is 34.1 Å². The molecule has 2 aliphatic heterocycles. The first kappa shape index (κ1) is 29.9. The van der Waals surface area contributed by atoms with Gasteiger partial charge in [0.1, 0.15) is 17.0 Å². The minimum Gasteiger partial charge on any atom is -0.482 e. The van der Waals surface area contributed by atoms with Crippen LogP contribution in [0.5, 0.6) is 5.88 Å². The number of piperidine rings is 1. The number of imidazole rings is 1. The molecule has 1 saturated heterocycles. The van der Waals surface area contributed by atoms with Gasteiger partial charge in [0.25, 0.3) is 5.91 Å². The van der Waals surface area contributed by atoms with E-state index in [2.05, 4.69) is 22.0 Å². The van der Waals surface area contributed by atoms with E-state index in [9.17, 15) is 9.59 Å². The number of hydrogen-bond acceptors (Lipinski definition) is 6. The Bertz CT molecular complexity index is 1690. The number of nitrogens with two attached hydrogens (primary N) is 1. The van der Waals surface area contributed by atoms with E-state index in [1.54, 1.807) is 18.1 Å². The molecule has 2 bridgehead atoms. The predicted octanol–water partition coefficient (Wildman–Crippen LogP) is 4.90. The fourth-order valence-corrected chi connectivity index (χ4v) is 6.60. The highest BCUT2D eigenvalue weighted by atomic mass is 16.5. The number of carbonyl (C=O) groups is 2. The maximum Gasteiger partial charge on any atom is 0.317 e. The SMILES string of the molecule is COc1cc(C(=O)N2CCC[C@@H](N)C2)cc2nc(-c3cc4ccc5nc4n3CCCCCCCN(C)C(=O)N[C@@H]5C)c(C)n12. The van der Waals surface area contributed by atoms with Crippen LogP contribution in [0.2, 0.25) is 0 Å². The summed E-state index contributed by atoms with van der Waals surface area (Å²) in [5.41, 5.74) is 11.8. The number of urea groups is 1. The van der Waals surface area contributed by atoms with Gasteiger partial charge < -0.3 is 30.2 Å². The third-order valence-electron chi connectivity index (χ3n) is 9.13. The molecule has 44 heavy (non-hydrogen) atoms. The van der Waals surface area contributed by atoms with E-state index < -0.39 is 0 Å². The van der Waals surface area contributed by atoms with Crippen molar-refractivity contribution in [2.24, 2.45) is 5.73 Å². The molecule has 4 aromatic heterocycles. The Kier molecular flexibility index (Phi) is 8.48. The van der Waals surface area contributed by atoms with Crippen molar-refractivity contribution >= 4 is 28.6 Å². The highest BCUT2D eigenvalue weighted by molar-refractivity contribution is 5.96. The fraction of sp³-hybridized carbons (Fsp3) is 0.515. The average Bonchev–Trinajstić information content (AvgIpc) is 3.55. The molecule has 3 amide bonds. The van der Waals surface area contributed by atoms with Crippen LogP contribution < -0.4 is 15.8 Å². The Morgan fingerprint density at radius 3 is 2.57 bits per heavy atom. The molecule has 1 fully saturated rings. The summed E-state index contributed by atoms with van der Waals surface area (Å²) in [5, 5.41) is 4.12. The van der Waals surface area contributed by atoms with E-state index in [1.807, 2.05) is 42.3 Å². The fourth-order valence-electron chi connectivity index (χ4n) is 6.60. The second kappa shape index (κ2) is 12.5. The van der Waals surface area contributed by atoms with Crippen LogP contribution in [0.1, 0.15) is 79.7 Å². The molecule has 11 nitrogen and oxygen atoms in total. The first-order valence-electron chi connectivity index (χ1n) is 15.9. The van der Waals surface area contributed by atoms with Gasteiger partial charge in [-0.1, -0.05) is 19.3 Å². The lowest BCUT2D eigenvalue weighted by atomic mass is 10.1. The number of nitrogens with one attached hydrogen (secondary N) is 1. The van der Waals surface area contributed by atoms with Crippen molar-refractivity contribution in [2.75, 3.05) is 33.8 Å². The Labute approximate surface area is 258 Å². The largest absolute Gasteiger partial charge is 0.482 e. The molecule has 6 rings (SSSR count). The molecule has 0 aliphatic carbocycles. The number of hydrogen-bond donors (Lipinski definition) is 2. The van der Waals surface area contributed by atoms with Crippen molar-refractivity contribution in [3.05, 3.63) is 47.3 Å². The van der Waals surface area contributed by atoms with E-state index >= 15 is 0 Å². The molecule has 0 saturated carbocycles. The lowest BCUT2D eigenvalue weighted by molar-refractivity contribution is 0.0708. The quantitative estimate of drug-likeness (QED) is 0.345. The number of carbonyl (C=O) groups excluding carboxylic acids is 2. The average molecular weight is 601 g/mol. The molecule has 0 radical (unpaired) electrons. The molecule has 0 aromatic carbocycles. The van der Waals surface area contributed by atoms with Gasteiger partial charge in [0.05, 0.1) is 30.2 Å². The van der Waals surface area contributed by atoms with E-state index in [-0.39, 0.29) is 24.0 Å². The summed E-state index contributed by atoms with van der Waals surface area (Å²) in [4.78, 5) is 40.1. The Hall–Kier alpha value is -4.12. The molecular formula is C33H44N8O3. The summed E-state index contributed by atoms with van der Waals surface area (Å²) < 4.78 is 10.0. The molecule has 0 unspecified atom stereocenters. The van der Waals surface area contributed by atoms with Crippen molar-refractivity contribution in [3.8, 4) is 17.3 Å². The lowest BCUT2D eigenvalue weighted by Crippen LogP contribution is -2.45. The van der Waals surface area contributed by atoms with E-state index in [0.717, 1.165) is 91.8 Å². The first-order chi connectivity index (χ1) is 21.2. The number of pyridine rings is 2. The summed E-state index contributed by atoms with van der Waals surface area (Å²) in [7, 11) is 3.47. The van der Waals surface area contributed by atoms with Crippen LogP contribution in [0, 0.1) is 6.92 Å². The van der Waals surface area contributed by atoms with Gasteiger partial charge in [-0.3, -0.25) is 9.20 Å². The third kappa shape index (κ3) is 5.72. The van der Waals surface area contributed by atoms with Gasteiger partial charge in [0, 0.05) is 56.3 Å². The van der Waals surface area contributed by atoms with Crippen LogP contribution in [0.15, 0.2) is 30.3 Å². The van der Waals surface area contributed by atoms with Gasteiger partial charge in [-0.15, -0.1) is 0 Å². The van der Waals surface area contributed by atoms with Gasteiger partial charge in [-0.25, -0.2) is 14.8 Å². The summed E-state index contributed by atoms with van der Waals surface area (Å²) in [6, 6.07) is 9.55. The van der Waals surface area contributed by atoms with Gasteiger partial charge >= 0.3 is 6.03 Å². The van der Waals surface area contributed by atoms with Gasteiger partial charge in [-0.05, 0) is 63.8 Å². The van der Waals surface area contributed by atoms with Crippen LogP contribution in [-0.4, -0.2) is 80.5 Å². The maximum absolute atomic E-state index is 13.5. The van der Waals surface area contributed by atoms with Crippen molar-refractivity contribution in [3.63, 3.8) is 0 Å². The van der Waals surface area contributed by atoms with Crippen LogP contribution in [0.25, 0.3) is 28.1 Å². The molecule has 2 atom stereocenters. The van der Waals surface area contributed by atoms with Crippen molar-refractivity contribution in [1.29, 1.82) is 0 Å². The minimum absolute atomic E-state index is 0.00233. The molecular weight excluding hydrogens is 556 g/mol. The predicted molar refractivity (Wildman–Crippen MR) is 171 cm³/mol. The standard InChI is InChI=1S/C33H44N8O3/c1-21-26-13-12-23-17-27(40(31(23)36-26)16-9-7-5-6-8-14-38(3)33(43)35-21)30-22(2)41-28(37-30)18-24(19-29(41)44-4)32(42)39-15-10-11-25(34)20-39/h12-13,17-19,21,25H,5-11,14-16,20,34H2,1-4H3,(H,35,43)/t21-,25-/m1/s1. The molecule has 6 heterocycles. The van der Waals surface area contributed by atoms with Crippen LogP contribution >= 0.6 is 0 Å². The number of aromatic nitrogens is 4. The Balaban J connectivity index is 1.43. The monoisotopic (exact) mass is 600 g/mol. The van der Waals surface area contributed by atoms with Crippen LogP contribution in [0.3, 0.4) is 0 Å². The number of ether oxygens (including phenoxy) is 1. The van der Waals surface area contributed by atoms with Gasteiger partial charge in [0.2, 0.25) is 0 Å². The topological polar surface area (TPSA) is 123 Å². The number of methoxy groups -OCH3 is 1. The molecule has 234 valence electrons. The number of amides is 3. The lowest BCUT2D eigenvalue weighted by Gasteiger charge is -2.30. The second-order valence-corrected chi connectivity index (χ2v) is 12.4. The first-order valence-corrected chi connectivity index (χ1v) is 15.9. The van der Waals surface area contributed by atoms with Gasteiger partial charge in [-0.2, -0.15) is 0 Å². The zero-order valence-electron chi connectivity index (χ0n) is 26.3. The summed E-state index contributed by atoms with van der Waals surface area (Å²) >= 11 is 0. The second-order valence-electron chi connectivity index (χ2n) is 12.4. The number of aryl methyl sites for hydroxylation is 2. The number of likely N-dealkylation sites (tertiary alicyclic amines) is 1. The highest BCUT2D eigenvalue weighted by Crippen LogP contribution is 2.33. The zero-order chi connectivity index (χ0) is 31.0. The minimum atomic E-state index is -0.238.